The Bertz CT molecular complexity index is 993. The molecule has 0 atom stereocenters. The van der Waals surface area contributed by atoms with E-state index in [9.17, 15) is 24.1 Å². The number of benzene rings is 2. The third kappa shape index (κ3) is 3.07. The van der Waals surface area contributed by atoms with E-state index in [1.807, 2.05) is 0 Å². The first-order chi connectivity index (χ1) is 12.0. The van der Waals surface area contributed by atoms with Crippen LogP contribution in [0.25, 0.3) is 11.3 Å². The van der Waals surface area contributed by atoms with Crippen molar-refractivity contribution in [3.8, 4) is 11.3 Å². The SMILES string of the molecule is O=Cc1ccc(-c2ccc([N+](=O)[O-])cc2C(=O)c2ccccc2F)o1. The molecule has 0 unspecified atom stereocenters. The molecule has 1 heterocycles. The lowest BCUT2D eigenvalue weighted by Crippen LogP contribution is -2.06. The van der Waals surface area contributed by atoms with Crippen LogP contribution in [0.2, 0.25) is 0 Å². The molecule has 0 saturated carbocycles. The number of carbonyl (C=O) groups is 2. The van der Waals surface area contributed by atoms with Crippen molar-refractivity contribution in [3.05, 3.63) is 87.4 Å². The number of furan rings is 1. The molecule has 2 aromatic carbocycles. The molecule has 1 aromatic heterocycles. The maximum Gasteiger partial charge on any atom is 0.270 e. The van der Waals surface area contributed by atoms with Gasteiger partial charge in [-0.3, -0.25) is 19.7 Å². The Morgan fingerprint density at radius 1 is 1.08 bits per heavy atom. The van der Waals surface area contributed by atoms with E-state index in [-0.39, 0.29) is 33.9 Å². The van der Waals surface area contributed by atoms with Crippen LogP contribution in [0.5, 0.6) is 0 Å². The number of aldehydes is 1. The molecule has 0 amide bonds. The van der Waals surface area contributed by atoms with E-state index >= 15 is 0 Å². The highest BCUT2D eigenvalue weighted by Crippen LogP contribution is 2.31. The molecule has 0 bridgehead atoms. The number of nitrogens with zero attached hydrogens (tertiary/aromatic N) is 1. The Morgan fingerprint density at radius 3 is 2.48 bits per heavy atom. The first-order valence-corrected chi connectivity index (χ1v) is 7.14. The first-order valence-electron chi connectivity index (χ1n) is 7.14. The average Bonchev–Trinajstić information content (AvgIpc) is 3.10. The maximum absolute atomic E-state index is 14.0. The van der Waals surface area contributed by atoms with Gasteiger partial charge in [0.2, 0.25) is 0 Å². The smallest absolute Gasteiger partial charge is 0.270 e. The molecule has 0 fully saturated rings. The Kier molecular flexibility index (Phi) is 4.21. The summed E-state index contributed by atoms with van der Waals surface area (Å²) in [6.45, 7) is 0. The van der Waals surface area contributed by atoms with Gasteiger partial charge in [0.1, 0.15) is 11.6 Å². The van der Waals surface area contributed by atoms with Crippen molar-refractivity contribution < 1.29 is 23.3 Å². The highest BCUT2D eigenvalue weighted by molar-refractivity contribution is 6.13. The van der Waals surface area contributed by atoms with E-state index in [0.29, 0.717) is 6.29 Å². The van der Waals surface area contributed by atoms with Gasteiger partial charge >= 0.3 is 0 Å². The van der Waals surface area contributed by atoms with Crippen molar-refractivity contribution in [2.45, 2.75) is 0 Å². The lowest BCUT2D eigenvalue weighted by molar-refractivity contribution is -0.384. The molecule has 0 N–H and O–H groups in total. The second kappa shape index (κ2) is 6.48. The van der Waals surface area contributed by atoms with Crippen LogP contribution in [0, 0.1) is 15.9 Å². The Hall–Kier alpha value is -3.61. The van der Waals surface area contributed by atoms with Crippen LogP contribution in [0.4, 0.5) is 10.1 Å². The van der Waals surface area contributed by atoms with Crippen LogP contribution >= 0.6 is 0 Å². The molecule has 0 radical (unpaired) electrons. The highest BCUT2D eigenvalue weighted by Gasteiger charge is 2.22. The van der Waals surface area contributed by atoms with Crippen LogP contribution < -0.4 is 0 Å². The fourth-order valence-electron chi connectivity index (χ4n) is 2.40. The molecule has 0 spiro atoms. The normalized spacial score (nSPS) is 10.4. The lowest BCUT2D eigenvalue weighted by atomic mass is 9.96. The van der Waals surface area contributed by atoms with Crippen LogP contribution in [-0.4, -0.2) is 17.0 Å². The van der Waals surface area contributed by atoms with Gasteiger partial charge in [0.05, 0.1) is 10.5 Å². The van der Waals surface area contributed by atoms with Crippen LogP contribution in [-0.2, 0) is 0 Å². The first kappa shape index (κ1) is 16.3. The lowest BCUT2D eigenvalue weighted by Gasteiger charge is -2.08. The van der Waals surface area contributed by atoms with Crippen LogP contribution in [0.1, 0.15) is 26.5 Å². The van der Waals surface area contributed by atoms with E-state index in [1.165, 1.54) is 42.5 Å². The Morgan fingerprint density at radius 2 is 1.84 bits per heavy atom. The van der Waals surface area contributed by atoms with E-state index < -0.39 is 16.5 Å². The number of carbonyl (C=O) groups excluding carboxylic acids is 2. The third-order valence-corrected chi connectivity index (χ3v) is 3.59. The summed E-state index contributed by atoms with van der Waals surface area (Å²) >= 11 is 0. The fraction of sp³-hybridized carbons (Fsp3) is 0. The summed E-state index contributed by atoms with van der Waals surface area (Å²) in [5.41, 5.74) is -0.393. The Labute approximate surface area is 140 Å². The number of nitro benzene ring substituents is 1. The van der Waals surface area contributed by atoms with Gasteiger partial charge in [-0.25, -0.2) is 4.39 Å². The van der Waals surface area contributed by atoms with E-state index in [2.05, 4.69) is 0 Å². The number of halogens is 1. The van der Waals surface area contributed by atoms with E-state index in [0.717, 1.165) is 12.1 Å². The molecule has 25 heavy (non-hydrogen) atoms. The summed E-state index contributed by atoms with van der Waals surface area (Å²) < 4.78 is 19.2. The predicted molar refractivity (Wildman–Crippen MR) is 86.0 cm³/mol. The number of ketones is 1. The van der Waals surface area contributed by atoms with E-state index in [1.54, 1.807) is 0 Å². The van der Waals surface area contributed by atoms with Crippen molar-refractivity contribution >= 4 is 17.8 Å². The molecule has 7 heteroatoms. The van der Waals surface area contributed by atoms with Crippen LogP contribution in [0.15, 0.2) is 59.0 Å². The quantitative estimate of drug-likeness (QED) is 0.303. The zero-order valence-electron chi connectivity index (χ0n) is 12.6. The number of hydrogen-bond donors (Lipinski definition) is 0. The maximum atomic E-state index is 14.0. The van der Waals surface area contributed by atoms with Crippen molar-refractivity contribution in [2.75, 3.05) is 0 Å². The molecule has 0 aliphatic heterocycles. The summed E-state index contributed by atoms with van der Waals surface area (Å²) in [7, 11) is 0. The zero-order chi connectivity index (χ0) is 18.0. The second-order valence-corrected chi connectivity index (χ2v) is 5.12. The number of nitro groups is 1. The molecule has 0 saturated heterocycles. The van der Waals surface area contributed by atoms with Gasteiger partial charge in [-0.1, -0.05) is 12.1 Å². The molecule has 0 aliphatic rings. The minimum Gasteiger partial charge on any atom is -0.453 e. The summed E-state index contributed by atoms with van der Waals surface area (Å²) in [6, 6.07) is 11.8. The molecule has 0 aliphatic carbocycles. The number of rotatable bonds is 5. The van der Waals surface area contributed by atoms with Gasteiger partial charge in [0.15, 0.2) is 17.8 Å². The predicted octanol–water partition coefficient (Wildman–Crippen LogP) is 4.04. The third-order valence-electron chi connectivity index (χ3n) is 3.59. The molecule has 124 valence electrons. The number of non-ortho nitro benzene ring substituents is 1. The van der Waals surface area contributed by atoms with Gasteiger partial charge in [0.25, 0.3) is 5.69 Å². The average molecular weight is 339 g/mol. The topological polar surface area (TPSA) is 90.4 Å². The van der Waals surface area contributed by atoms with Gasteiger partial charge in [0, 0.05) is 23.3 Å². The van der Waals surface area contributed by atoms with Gasteiger partial charge in [-0.2, -0.15) is 0 Å². The molecular formula is C18H10FNO5. The minimum atomic E-state index is -0.738. The standard InChI is InChI=1S/C18H10FNO5/c19-16-4-2-1-3-14(16)18(22)15-9-11(20(23)24)5-7-13(15)17-8-6-12(10-21)25-17/h1-10H. The van der Waals surface area contributed by atoms with E-state index in [4.69, 9.17) is 4.42 Å². The van der Waals surface area contributed by atoms with Crippen molar-refractivity contribution in [1.29, 1.82) is 0 Å². The zero-order valence-corrected chi connectivity index (χ0v) is 12.6. The monoisotopic (exact) mass is 339 g/mol. The molecule has 6 nitrogen and oxygen atoms in total. The van der Waals surface area contributed by atoms with Gasteiger partial charge in [-0.05, 0) is 30.3 Å². The largest absolute Gasteiger partial charge is 0.453 e. The summed E-state index contributed by atoms with van der Waals surface area (Å²) in [6.07, 6.45) is 0.493. The minimum absolute atomic E-state index is 0.0395. The van der Waals surface area contributed by atoms with Crippen molar-refractivity contribution in [2.24, 2.45) is 0 Å². The fourth-order valence-corrected chi connectivity index (χ4v) is 2.40. The van der Waals surface area contributed by atoms with Crippen molar-refractivity contribution in [3.63, 3.8) is 0 Å². The van der Waals surface area contributed by atoms with Crippen molar-refractivity contribution in [1.82, 2.24) is 0 Å². The van der Waals surface area contributed by atoms with Gasteiger partial charge in [-0.15, -0.1) is 0 Å². The molecule has 3 aromatic rings. The summed E-state index contributed by atoms with van der Waals surface area (Å²) in [5.74, 6) is -1.24. The Balaban J connectivity index is 2.19. The van der Waals surface area contributed by atoms with Gasteiger partial charge < -0.3 is 4.42 Å². The second-order valence-electron chi connectivity index (χ2n) is 5.12. The number of hydrogen-bond acceptors (Lipinski definition) is 5. The molecule has 3 rings (SSSR count). The van der Waals surface area contributed by atoms with Crippen LogP contribution in [0.3, 0.4) is 0 Å². The highest BCUT2D eigenvalue weighted by atomic mass is 19.1. The summed E-state index contributed by atoms with van der Waals surface area (Å²) in [4.78, 5) is 33.9. The molecular weight excluding hydrogens is 329 g/mol. The summed E-state index contributed by atoms with van der Waals surface area (Å²) in [5, 5.41) is 11.0.